The Bertz CT molecular complexity index is 918. The third-order valence-electron chi connectivity index (χ3n) is 3.19. The van der Waals surface area contributed by atoms with Crippen molar-refractivity contribution in [2.24, 2.45) is 0 Å². The standard InChI is InChI=1S/C15H11Cl4NO4S/c16-9-1-4-14(13(19)7-9)20(6-5-15(21)22)25(23,24)10-2-3-11(17)12(18)8-10/h1-4,7-8H,5-6H2,(H,21,22). The average molecular weight is 443 g/mol. The van der Waals surface area contributed by atoms with E-state index in [-0.39, 0.29) is 32.2 Å². The van der Waals surface area contributed by atoms with E-state index in [1.807, 2.05) is 0 Å². The third kappa shape index (κ3) is 4.71. The second-order valence-corrected chi connectivity index (χ2v) is 8.41. The molecule has 0 aliphatic carbocycles. The van der Waals surface area contributed by atoms with E-state index in [1.54, 1.807) is 0 Å². The SMILES string of the molecule is O=C(O)CCN(c1ccc(Cl)cc1Cl)S(=O)(=O)c1ccc(Cl)c(Cl)c1. The summed E-state index contributed by atoms with van der Waals surface area (Å²) in [5.41, 5.74) is 0.110. The van der Waals surface area contributed by atoms with E-state index < -0.39 is 22.4 Å². The summed E-state index contributed by atoms with van der Waals surface area (Å²) < 4.78 is 26.9. The van der Waals surface area contributed by atoms with Crippen LogP contribution in [-0.2, 0) is 14.8 Å². The van der Waals surface area contributed by atoms with Gasteiger partial charge >= 0.3 is 5.97 Å². The highest BCUT2D eigenvalue weighted by molar-refractivity contribution is 7.92. The van der Waals surface area contributed by atoms with Gasteiger partial charge in [-0.15, -0.1) is 0 Å². The van der Waals surface area contributed by atoms with Gasteiger partial charge in [0.2, 0.25) is 0 Å². The molecule has 0 bridgehead atoms. The number of benzene rings is 2. The van der Waals surface area contributed by atoms with Gasteiger partial charge < -0.3 is 5.11 Å². The third-order valence-corrected chi connectivity index (χ3v) is 6.27. The molecule has 0 aliphatic rings. The lowest BCUT2D eigenvalue weighted by Crippen LogP contribution is -2.33. The van der Waals surface area contributed by atoms with E-state index in [1.165, 1.54) is 36.4 Å². The van der Waals surface area contributed by atoms with Gasteiger partial charge in [0.15, 0.2) is 0 Å². The largest absolute Gasteiger partial charge is 0.481 e. The van der Waals surface area contributed by atoms with Crippen LogP contribution in [0.4, 0.5) is 5.69 Å². The molecular formula is C15H11Cl4NO4S. The minimum atomic E-state index is -4.13. The Kier molecular flexibility index (Phi) is 6.45. The number of sulfonamides is 1. The molecule has 0 saturated carbocycles. The summed E-state index contributed by atoms with van der Waals surface area (Å²) in [6, 6.07) is 8.05. The molecule has 0 atom stereocenters. The maximum Gasteiger partial charge on any atom is 0.305 e. The first kappa shape index (κ1) is 20.1. The number of nitrogens with zero attached hydrogens (tertiary/aromatic N) is 1. The highest BCUT2D eigenvalue weighted by Gasteiger charge is 2.27. The number of halogens is 4. The molecule has 0 heterocycles. The van der Waals surface area contributed by atoms with Crippen LogP contribution in [-0.4, -0.2) is 26.0 Å². The predicted molar refractivity (Wildman–Crippen MR) is 99.7 cm³/mol. The number of hydrogen-bond donors (Lipinski definition) is 1. The van der Waals surface area contributed by atoms with Gasteiger partial charge in [-0.25, -0.2) is 8.42 Å². The van der Waals surface area contributed by atoms with Gasteiger partial charge in [0.05, 0.1) is 32.1 Å². The summed E-state index contributed by atoms with van der Waals surface area (Å²) >= 11 is 23.7. The Morgan fingerprint density at radius 1 is 0.960 bits per heavy atom. The highest BCUT2D eigenvalue weighted by atomic mass is 35.5. The van der Waals surface area contributed by atoms with Crippen LogP contribution in [0.25, 0.3) is 0 Å². The molecule has 0 aliphatic heterocycles. The molecule has 5 nitrogen and oxygen atoms in total. The average Bonchev–Trinajstić information content (AvgIpc) is 2.51. The van der Waals surface area contributed by atoms with E-state index in [2.05, 4.69) is 0 Å². The summed E-state index contributed by atoms with van der Waals surface area (Å²) in [5, 5.41) is 9.57. The van der Waals surface area contributed by atoms with Crippen LogP contribution < -0.4 is 4.31 Å². The molecule has 0 amide bonds. The van der Waals surface area contributed by atoms with Gasteiger partial charge in [0.1, 0.15) is 0 Å². The highest BCUT2D eigenvalue weighted by Crippen LogP contribution is 2.34. The maximum absolute atomic E-state index is 13.0. The van der Waals surface area contributed by atoms with Crippen molar-refractivity contribution in [2.45, 2.75) is 11.3 Å². The number of aliphatic carboxylic acids is 1. The molecule has 2 aromatic rings. The van der Waals surface area contributed by atoms with Crippen molar-refractivity contribution in [3.8, 4) is 0 Å². The van der Waals surface area contributed by atoms with Crippen LogP contribution in [0.3, 0.4) is 0 Å². The smallest absolute Gasteiger partial charge is 0.305 e. The normalized spacial score (nSPS) is 11.4. The molecule has 2 rings (SSSR count). The Hall–Kier alpha value is -1.18. The molecule has 0 aromatic heterocycles. The lowest BCUT2D eigenvalue weighted by Gasteiger charge is -2.25. The topological polar surface area (TPSA) is 74.7 Å². The molecule has 134 valence electrons. The number of rotatable bonds is 6. The van der Waals surface area contributed by atoms with Crippen LogP contribution in [0.1, 0.15) is 6.42 Å². The van der Waals surface area contributed by atoms with E-state index in [4.69, 9.17) is 51.5 Å². The minimum Gasteiger partial charge on any atom is -0.481 e. The van der Waals surface area contributed by atoms with E-state index >= 15 is 0 Å². The van der Waals surface area contributed by atoms with Crippen molar-refractivity contribution in [1.29, 1.82) is 0 Å². The Labute approximate surface area is 164 Å². The molecule has 0 fully saturated rings. The van der Waals surface area contributed by atoms with Gasteiger partial charge in [-0.05, 0) is 36.4 Å². The molecule has 10 heteroatoms. The molecular weight excluding hydrogens is 432 g/mol. The van der Waals surface area contributed by atoms with Crippen molar-refractivity contribution >= 4 is 68.1 Å². The van der Waals surface area contributed by atoms with Crippen molar-refractivity contribution in [2.75, 3.05) is 10.8 Å². The Morgan fingerprint density at radius 3 is 2.20 bits per heavy atom. The maximum atomic E-state index is 13.0. The fraction of sp³-hybridized carbons (Fsp3) is 0.133. The summed E-state index contributed by atoms with van der Waals surface area (Å²) in [6.07, 6.45) is -0.417. The fourth-order valence-corrected chi connectivity index (χ4v) is 4.45. The van der Waals surface area contributed by atoms with Gasteiger partial charge in [-0.2, -0.15) is 0 Å². The second-order valence-electron chi connectivity index (χ2n) is 4.89. The number of carboxylic acids is 1. The number of carboxylic acid groups (broad SMARTS) is 1. The number of hydrogen-bond acceptors (Lipinski definition) is 3. The molecule has 0 unspecified atom stereocenters. The quantitative estimate of drug-likeness (QED) is 0.685. The van der Waals surface area contributed by atoms with E-state index in [0.717, 1.165) is 4.31 Å². The van der Waals surface area contributed by atoms with Crippen LogP contribution in [0.5, 0.6) is 0 Å². The number of anilines is 1. The summed E-state index contributed by atoms with van der Waals surface area (Å²) in [6.45, 7) is -0.320. The fourth-order valence-electron chi connectivity index (χ4n) is 2.02. The summed E-state index contributed by atoms with van der Waals surface area (Å²) in [4.78, 5) is 10.8. The van der Waals surface area contributed by atoms with Gasteiger partial charge in [0.25, 0.3) is 10.0 Å². The molecule has 0 radical (unpaired) electrons. The van der Waals surface area contributed by atoms with E-state index in [9.17, 15) is 13.2 Å². The first-order valence-electron chi connectivity index (χ1n) is 6.77. The first-order chi connectivity index (χ1) is 11.6. The Balaban J connectivity index is 2.56. The van der Waals surface area contributed by atoms with Gasteiger partial charge in [-0.1, -0.05) is 46.4 Å². The minimum absolute atomic E-state index is 0.0585. The summed E-state index contributed by atoms with van der Waals surface area (Å²) in [5.74, 6) is -1.15. The van der Waals surface area contributed by atoms with Crippen LogP contribution >= 0.6 is 46.4 Å². The molecule has 25 heavy (non-hydrogen) atoms. The van der Waals surface area contributed by atoms with Crippen molar-refractivity contribution in [3.05, 3.63) is 56.5 Å². The van der Waals surface area contributed by atoms with Crippen LogP contribution in [0, 0.1) is 0 Å². The zero-order valence-electron chi connectivity index (χ0n) is 12.4. The lowest BCUT2D eigenvalue weighted by molar-refractivity contribution is -0.136. The molecule has 0 spiro atoms. The monoisotopic (exact) mass is 441 g/mol. The Morgan fingerprint density at radius 2 is 1.64 bits per heavy atom. The van der Waals surface area contributed by atoms with Gasteiger partial charge in [0, 0.05) is 11.6 Å². The zero-order valence-corrected chi connectivity index (χ0v) is 16.3. The van der Waals surface area contributed by atoms with E-state index in [0.29, 0.717) is 5.02 Å². The second kappa shape index (κ2) is 8.01. The van der Waals surface area contributed by atoms with Crippen LogP contribution in [0.15, 0.2) is 41.3 Å². The van der Waals surface area contributed by atoms with Gasteiger partial charge in [-0.3, -0.25) is 9.10 Å². The number of carbonyl (C=O) groups is 1. The predicted octanol–water partition coefficient (Wildman–Crippen LogP) is 4.97. The molecule has 2 aromatic carbocycles. The zero-order chi connectivity index (χ0) is 18.8. The first-order valence-corrected chi connectivity index (χ1v) is 9.73. The molecule has 1 N–H and O–H groups in total. The van der Waals surface area contributed by atoms with Crippen molar-refractivity contribution < 1.29 is 18.3 Å². The lowest BCUT2D eigenvalue weighted by atomic mass is 10.3. The van der Waals surface area contributed by atoms with Crippen LogP contribution in [0.2, 0.25) is 20.1 Å². The van der Waals surface area contributed by atoms with Crippen molar-refractivity contribution in [1.82, 2.24) is 0 Å². The molecule has 0 saturated heterocycles. The summed E-state index contributed by atoms with van der Waals surface area (Å²) in [7, 11) is -4.13. The van der Waals surface area contributed by atoms with Crippen molar-refractivity contribution in [3.63, 3.8) is 0 Å².